The highest BCUT2D eigenvalue weighted by atomic mass is 32.2. The van der Waals surface area contributed by atoms with Crippen LogP contribution in [-0.4, -0.2) is 16.9 Å². The fraction of sp³-hybridized carbons (Fsp3) is 0.182. The van der Waals surface area contributed by atoms with E-state index in [1.54, 1.807) is 25.1 Å². The second-order valence-electron chi connectivity index (χ2n) is 3.23. The lowest BCUT2D eigenvalue weighted by Crippen LogP contribution is -1.95. The number of nitrogen functional groups attached to an aromatic ring is 1. The first-order chi connectivity index (χ1) is 7.79. The van der Waals surface area contributed by atoms with Crippen molar-refractivity contribution in [3.63, 3.8) is 0 Å². The number of methoxy groups -OCH3 is 1. The number of nitrogens with two attached hydrogens (primary N) is 1. The molecule has 4 nitrogen and oxygen atoms in total. The quantitative estimate of drug-likeness (QED) is 0.652. The number of thioether (sulfide) groups is 1. The molecular formula is C11H13N3OS. The van der Waals surface area contributed by atoms with E-state index in [4.69, 9.17) is 10.5 Å². The molecule has 0 bridgehead atoms. The summed E-state index contributed by atoms with van der Waals surface area (Å²) < 4.78 is 7.13. The average molecular weight is 235 g/mol. The van der Waals surface area contributed by atoms with Gasteiger partial charge in [0.2, 0.25) is 0 Å². The Balaban J connectivity index is 2.09. The molecule has 0 radical (unpaired) electrons. The molecule has 1 aromatic heterocycles. The molecule has 0 amide bonds. The van der Waals surface area contributed by atoms with E-state index in [1.165, 1.54) is 0 Å². The Morgan fingerprint density at radius 1 is 1.50 bits per heavy atom. The van der Waals surface area contributed by atoms with Gasteiger partial charge in [0, 0.05) is 24.1 Å². The second kappa shape index (κ2) is 4.94. The first kappa shape index (κ1) is 10.9. The van der Waals surface area contributed by atoms with Crippen LogP contribution in [0.4, 0.5) is 5.69 Å². The SMILES string of the molecule is COc1cc(N)ccc1SCn1cccn1. The molecule has 0 atom stereocenters. The third-order valence-corrected chi connectivity index (χ3v) is 3.14. The van der Waals surface area contributed by atoms with Gasteiger partial charge in [0.25, 0.3) is 0 Å². The molecule has 1 heterocycles. The molecule has 2 N–H and O–H groups in total. The number of anilines is 1. The van der Waals surface area contributed by atoms with Gasteiger partial charge in [-0.05, 0) is 18.2 Å². The van der Waals surface area contributed by atoms with Gasteiger partial charge in [0.05, 0.1) is 17.9 Å². The Kier molecular flexibility index (Phi) is 3.36. The summed E-state index contributed by atoms with van der Waals surface area (Å²) in [5.74, 6) is 1.56. The Morgan fingerprint density at radius 3 is 3.06 bits per heavy atom. The number of hydrogen-bond donors (Lipinski definition) is 1. The normalized spacial score (nSPS) is 10.3. The van der Waals surface area contributed by atoms with Crippen LogP contribution in [0.3, 0.4) is 0 Å². The Bertz CT molecular complexity index is 456. The van der Waals surface area contributed by atoms with Gasteiger partial charge in [-0.2, -0.15) is 5.10 Å². The second-order valence-corrected chi connectivity index (χ2v) is 4.22. The summed E-state index contributed by atoms with van der Waals surface area (Å²) in [6.45, 7) is 0. The van der Waals surface area contributed by atoms with Crippen molar-refractivity contribution in [3.8, 4) is 5.75 Å². The standard InChI is InChI=1S/C11H13N3OS/c1-15-10-7-9(12)3-4-11(10)16-8-14-6-2-5-13-14/h2-7H,8,12H2,1H3. The van der Waals surface area contributed by atoms with Gasteiger partial charge in [0.15, 0.2) is 0 Å². The summed E-state index contributed by atoms with van der Waals surface area (Å²) in [5, 5.41) is 4.13. The molecule has 2 aromatic rings. The molecule has 5 heteroatoms. The van der Waals surface area contributed by atoms with Crippen LogP contribution in [0, 0.1) is 0 Å². The zero-order valence-corrected chi connectivity index (χ0v) is 9.78. The molecule has 0 saturated carbocycles. The van der Waals surface area contributed by atoms with Crippen LogP contribution in [0.25, 0.3) is 0 Å². The number of rotatable bonds is 4. The molecule has 0 fully saturated rings. The van der Waals surface area contributed by atoms with Crippen molar-refractivity contribution in [1.82, 2.24) is 9.78 Å². The van der Waals surface area contributed by atoms with Gasteiger partial charge in [-0.15, -0.1) is 0 Å². The molecule has 0 saturated heterocycles. The van der Waals surface area contributed by atoms with Crippen molar-refractivity contribution in [2.75, 3.05) is 12.8 Å². The number of ether oxygens (including phenoxy) is 1. The fourth-order valence-electron chi connectivity index (χ4n) is 1.32. The van der Waals surface area contributed by atoms with E-state index in [2.05, 4.69) is 5.10 Å². The van der Waals surface area contributed by atoms with Crippen LogP contribution >= 0.6 is 11.8 Å². The predicted octanol–water partition coefficient (Wildman–Crippen LogP) is 2.22. The smallest absolute Gasteiger partial charge is 0.134 e. The monoisotopic (exact) mass is 235 g/mol. The Hall–Kier alpha value is -1.62. The molecule has 0 unspecified atom stereocenters. The van der Waals surface area contributed by atoms with Crippen LogP contribution in [0.1, 0.15) is 0 Å². The van der Waals surface area contributed by atoms with E-state index in [1.807, 2.05) is 35.1 Å². The van der Waals surface area contributed by atoms with Crippen molar-refractivity contribution < 1.29 is 4.74 Å². The highest BCUT2D eigenvalue weighted by molar-refractivity contribution is 7.98. The molecule has 0 spiro atoms. The minimum Gasteiger partial charge on any atom is -0.496 e. The van der Waals surface area contributed by atoms with E-state index in [0.717, 1.165) is 16.5 Å². The van der Waals surface area contributed by atoms with Gasteiger partial charge in [-0.3, -0.25) is 4.68 Å². The summed E-state index contributed by atoms with van der Waals surface area (Å²) >= 11 is 1.66. The fourth-order valence-corrected chi connectivity index (χ4v) is 2.19. The Morgan fingerprint density at radius 2 is 2.38 bits per heavy atom. The molecular weight excluding hydrogens is 222 g/mol. The van der Waals surface area contributed by atoms with Gasteiger partial charge in [0.1, 0.15) is 5.75 Å². The third-order valence-electron chi connectivity index (χ3n) is 2.10. The first-order valence-electron chi connectivity index (χ1n) is 4.83. The number of hydrogen-bond acceptors (Lipinski definition) is 4. The van der Waals surface area contributed by atoms with E-state index in [0.29, 0.717) is 5.69 Å². The molecule has 84 valence electrons. The molecule has 0 aliphatic rings. The van der Waals surface area contributed by atoms with Crippen molar-refractivity contribution in [3.05, 3.63) is 36.7 Å². The zero-order valence-electron chi connectivity index (χ0n) is 8.96. The minimum atomic E-state index is 0.709. The van der Waals surface area contributed by atoms with Gasteiger partial charge in [-0.25, -0.2) is 0 Å². The van der Waals surface area contributed by atoms with Crippen LogP contribution in [-0.2, 0) is 5.88 Å². The van der Waals surface area contributed by atoms with E-state index < -0.39 is 0 Å². The van der Waals surface area contributed by atoms with Crippen molar-refractivity contribution in [1.29, 1.82) is 0 Å². The number of benzene rings is 1. The van der Waals surface area contributed by atoms with Crippen LogP contribution < -0.4 is 10.5 Å². The summed E-state index contributed by atoms with van der Waals surface area (Å²) in [7, 11) is 1.65. The third kappa shape index (κ3) is 2.49. The molecule has 0 aliphatic heterocycles. The lowest BCUT2D eigenvalue weighted by molar-refractivity contribution is 0.405. The van der Waals surface area contributed by atoms with Crippen molar-refractivity contribution in [2.45, 2.75) is 10.8 Å². The zero-order chi connectivity index (χ0) is 11.4. The summed E-state index contributed by atoms with van der Waals surface area (Å²) in [6, 6.07) is 7.56. The number of aromatic nitrogens is 2. The van der Waals surface area contributed by atoms with Gasteiger partial charge in [-0.1, -0.05) is 11.8 Å². The maximum absolute atomic E-state index is 5.69. The Labute approximate surface area is 98.4 Å². The van der Waals surface area contributed by atoms with Crippen LogP contribution in [0.15, 0.2) is 41.6 Å². The van der Waals surface area contributed by atoms with E-state index in [-0.39, 0.29) is 0 Å². The van der Waals surface area contributed by atoms with Crippen LogP contribution in [0.2, 0.25) is 0 Å². The van der Waals surface area contributed by atoms with E-state index >= 15 is 0 Å². The summed E-state index contributed by atoms with van der Waals surface area (Å²) in [5.41, 5.74) is 6.40. The van der Waals surface area contributed by atoms with Crippen LogP contribution in [0.5, 0.6) is 5.75 Å². The van der Waals surface area contributed by atoms with Crippen molar-refractivity contribution in [2.24, 2.45) is 0 Å². The maximum Gasteiger partial charge on any atom is 0.134 e. The topological polar surface area (TPSA) is 53.1 Å². The van der Waals surface area contributed by atoms with E-state index in [9.17, 15) is 0 Å². The lowest BCUT2D eigenvalue weighted by atomic mass is 10.3. The predicted molar refractivity (Wildman–Crippen MR) is 65.5 cm³/mol. The minimum absolute atomic E-state index is 0.709. The average Bonchev–Trinajstić information content (AvgIpc) is 2.80. The maximum atomic E-state index is 5.69. The lowest BCUT2D eigenvalue weighted by Gasteiger charge is -2.08. The largest absolute Gasteiger partial charge is 0.496 e. The summed E-state index contributed by atoms with van der Waals surface area (Å²) in [6.07, 6.45) is 3.69. The van der Waals surface area contributed by atoms with Crippen molar-refractivity contribution >= 4 is 17.4 Å². The molecule has 0 aliphatic carbocycles. The highest BCUT2D eigenvalue weighted by Crippen LogP contribution is 2.31. The molecule has 2 rings (SSSR count). The molecule has 1 aromatic carbocycles. The van der Waals surface area contributed by atoms with Gasteiger partial charge >= 0.3 is 0 Å². The van der Waals surface area contributed by atoms with Gasteiger partial charge < -0.3 is 10.5 Å². The first-order valence-corrected chi connectivity index (χ1v) is 5.82. The molecule has 16 heavy (non-hydrogen) atoms. The number of nitrogens with zero attached hydrogens (tertiary/aromatic N) is 2. The highest BCUT2D eigenvalue weighted by Gasteiger charge is 2.04. The summed E-state index contributed by atoms with van der Waals surface area (Å²) in [4.78, 5) is 1.06.